The largest absolute Gasteiger partial charge is 0.508 e. The lowest BCUT2D eigenvalue weighted by Gasteiger charge is -2.63. The van der Waals surface area contributed by atoms with Crippen molar-refractivity contribution in [3.8, 4) is 5.75 Å². The second kappa shape index (κ2) is 11.5. The number of amides is 1. The minimum Gasteiger partial charge on any atom is -0.508 e. The van der Waals surface area contributed by atoms with Crippen LogP contribution in [0.2, 0.25) is 0 Å². The normalized spacial score (nSPS) is 41.4. The van der Waals surface area contributed by atoms with Crippen LogP contribution in [0, 0.1) is 46.3 Å². The highest BCUT2D eigenvalue weighted by Gasteiger charge is 2.65. The van der Waals surface area contributed by atoms with E-state index in [1.165, 1.54) is 12.1 Å². The van der Waals surface area contributed by atoms with Gasteiger partial charge in [-0.2, -0.15) is 0 Å². The van der Waals surface area contributed by atoms with E-state index >= 15 is 0 Å². The van der Waals surface area contributed by atoms with Crippen molar-refractivity contribution in [2.75, 3.05) is 0 Å². The maximum absolute atomic E-state index is 12.9. The Kier molecular flexibility index (Phi) is 8.50. The number of carboxylic acid groups (broad SMARTS) is 1. The number of aliphatic carboxylic acids is 1. The molecule has 1 aromatic rings. The van der Waals surface area contributed by atoms with Crippen LogP contribution in [0.1, 0.15) is 84.1 Å². The van der Waals surface area contributed by atoms with Crippen molar-refractivity contribution in [2.24, 2.45) is 46.3 Å². The number of aromatic hydroxyl groups is 1. The lowest BCUT2D eigenvalue weighted by Crippen LogP contribution is -2.64. The average molecular weight is 572 g/mol. The Bertz CT molecular complexity index is 1110. The maximum Gasteiger partial charge on any atom is 0.326 e. The molecule has 0 bridgehead atoms. The van der Waals surface area contributed by atoms with Crippen molar-refractivity contribution in [3.05, 3.63) is 29.8 Å². The number of aliphatic hydroxyl groups is 3. The van der Waals surface area contributed by atoms with Gasteiger partial charge >= 0.3 is 5.97 Å². The number of benzene rings is 1. The van der Waals surface area contributed by atoms with E-state index in [0.717, 1.165) is 44.1 Å². The van der Waals surface area contributed by atoms with E-state index in [1.807, 2.05) is 0 Å². The summed E-state index contributed by atoms with van der Waals surface area (Å²) in [6, 6.07) is 5.30. The first-order valence-corrected chi connectivity index (χ1v) is 15.7. The van der Waals surface area contributed by atoms with Gasteiger partial charge in [-0.05, 0) is 115 Å². The van der Waals surface area contributed by atoms with Gasteiger partial charge in [0.2, 0.25) is 5.91 Å². The number of hydrogen-bond acceptors (Lipinski definition) is 6. The van der Waals surface area contributed by atoms with Gasteiger partial charge in [0.1, 0.15) is 11.8 Å². The molecule has 4 aliphatic carbocycles. The quantitative estimate of drug-likeness (QED) is 0.277. The van der Waals surface area contributed by atoms with E-state index in [1.54, 1.807) is 12.1 Å². The third-order valence-electron chi connectivity index (χ3n) is 12.3. The molecule has 1 amide bonds. The van der Waals surface area contributed by atoms with Crippen molar-refractivity contribution in [3.63, 3.8) is 0 Å². The lowest BCUT2D eigenvalue weighted by molar-refractivity contribution is -0.223. The molecule has 0 radical (unpaired) electrons. The van der Waals surface area contributed by atoms with Crippen LogP contribution in [-0.4, -0.2) is 61.8 Å². The molecule has 0 aliphatic heterocycles. The number of carbonyl (C=O) groups excluding carboxylic acids is 1. The maximum atomic E-state index is 12.9. The fourth-order valence-electron chi connectivity index (χ4n) is 10.1. The van der Waals surface area contributed by atoms with Crippen LogP contribution in [0.5, 0.6) is 5.75 Å². The number of aliphatic hydroxyl groups excluding tert-OH is 3. The second-order valence-corrected chi connectivity index (χ2v) is 14.4. The molecule has 4 aliphatic rings. The van der Waals surface area contributed by atoms with Crippen molar-refractivity contribution >= 4 is 11.9 Å². The summed E-state index contributed by atoms with van der Waals surface area (Å²) in [5.41, 5.74) is 0.688. The van der Waals surface area contributed by atoms with Crippen LogP contribution < -0.4 is 5.32 Å². The van der Waals surface area contributed by atoms with E-state index in [2.05, 4.69) is 26.1 Å². The molecule has 5 rings (SSSR count). The summed E-state index contributed by atoms with van der Waals surface area (Å²) < 4.78 is 0. The van der Waals surface area contributed by atoms with Crippen LogP contribution in [-0.2, 0) is 16.0 Å². The fourth-order valence-corrected chi connectivity index (χ4v) is 10.1. The molecule has 8 nitrogen and oxygen atoms in total. The first-order valence-electron chi connectivity index (χ1n) is 15.7. The molecule has 41 heavy (non-hydrogen) atoms. The summed E-state index contributed by atoms with van der Waals surface area (Å²) in [5.74, 6) is 0.0765. The highest BCUT2D eigenvalue weighted by molar-refractivity contribution is 5.83. The molecule has 4 saturated carbocycles. The SMILES string of the molecule is C[C@H](CCC(=O)N[C@@H](Cc1ccc(O)cc1)C(=O)O)[C@H]1CC[C@H]2[C@@H]3[C@@H](O)[C@@H](O)[C@@H]4C[C@H](O)CC[C@]4(C)[C@H]3CC[C@]12C. The van der Waals surface area contributed by atoms with Gasteiger partial charge in [0.25, 0.3) is 0 Å². The summed E-state index contributed by atoms with van der Waals surface area (Å²) >= 11 is 0. The smallest absolute Gasteiger partial charge is 0.326 e. The van der Waals surface area contributed by atoms with Gasteiger partial charge in [0, 0.05) is 12.8 Å². The number of phenols is 1. The summed E-state index contributed by atoms with van der Waals surface area (Å²) in [5, 5.41) is 54.9. The van der Waals surface area contributed by atoms with Crippen LogP contribution in [0.3, 0.4) is 0 Å². The highest BCUT2D eigenvalue weighted by Crippen LogP contribution is 2.68. The molecular formula is C33H49NO7. The molecule has 6 N–H and O–H groups in total. The van der Waals surface area contributed by atoms with Crippen molar-refractivity contribution in [1.29, 1.82) is 0 Å². The van der Waals surface area contributed by atoms with Crippen molar-refractivity contribution in [1.82, 2.24) is 5.32 Å². The molecule has 0 unspecified atom stereocenters. The molecule has 12 atom stereocenters. The number of carbonyl (C=O) groups is 2. The Morgan fingerprint density at radius 3 is 2.27 bits per heavy atom. The first-order chi connectivity index (χ1) is 19.3. The van der Waals surface area contributed by atoms with Crippen molar-refractivity contribution < 1.29 is 35.1 Å². The van der Waals surface area contributed by atoms with Gasteiger partial charge in [-0.25, -0.2) is 4.79 Å². The Morgan fingerprint density at radius 1 is 0.927 bits per heavy atom. The predicted molar refractivity (Wildman–Crippen MR) is 154 cm³/mol. The molecule has 0 aromatic heterocycles. The number of hydrogen-bond donors (Lipinski definition) is 6. The summed E-state index contributed by atoms with van der Waals surface area (Å²) in [7, 11) is 0. The van der Waals surface area contributed by atoms with Crippen LogP contribution in [0.4, 0.5) is 0 Å². The van der Waals surface area contributed by atoms with Crippen molar-refractivity contribution in [2.45, 2.75) is 109 Å². The number of phenolic OH excluding ortho intramolecular Hbond substituents is 1. The molecular weight excluding hydrogens is 522 g/mol. The Hall–Kier alpha value is -2.16. The topological polar surface area (TPSA) is 147 Å². The number of nitrogens with one attached hydrogen (secondary N) is 1. The Balaban J connectivity index is 1.21. The Labute approximate surface area is 243 Å². The fraction of sp³-hybridized carbons (Fsp3) is 0.758. The summed E-state index contributed by atoms with van der Waals surface area (Å²) in [6.45, 7) is 6.85. The molecule has 0 saturated heterocycles. The monoisotopic (exact) mass is 571 g/mol. The summed E-state index contributed by atoms with van der Waals surface area (Å²) in [4.78, 5) is 24.7. The predicted octanol–water partition coefficient (Wildman–Crippen LogP) is 3.88. The molecule has 228 valence electrons. The van der Waals surface area contributed by atoms with Crippen LogP contribution in [0.25, 0.3) is 0 Å². The molecule has 1 aromatic carbocycles. The van der Waals surface area contributed by atoms with Gasteiger partial charge in [-0.1, -0.05) is 32.9 Å². The van der Waals surface area contributed by atoms with Gasteiger partial charge in [0.15, 0.2) is 0 Å². The first kappa shape index (κ1) is 30.3. The van der Waals surface area contributed by atoms with E-state index < -0.39 is 30.3 Å². The third-order valence-corrected chi connectivity index (χ3v) is 12.3. The van der Waals surface area contributed by atoms with Gasteiger partial charge in [-0.3, -0.25) is 4.79 Å². The van der Waals surface area contributed by atoms with Gasteiger partial charge in [-0.15, -0.1) is 0 Å². The van der Waals surface area contributed by atoms with Gasteiger partial charge < -0.3 is 30.8 Å². The minimum absolute atomic E-state index is 0.0254. The zero-order valence-electron chi connectivity index (χ0n) is 24.7. The molecule has 0 spiro atoms. The molecule has 8 heteroatoms. The Morgan fingerprint density at radius 2 is 1.59 bits per heavy atom. The highest BCUT2D eigenvalue weighted by atomic mass is 16.4. The van der Waals surface area contributed by atoms with E-state index in [4.69, 9.17) is 0 Å². The zero-order valence-corrected chi connectivity index (χ0v) is 24.7. The minimum atomic E-state index is -1.08. The zero-order chi connectivity index (χ0) is 29.7. The molecule has 0 heterocycles. The van der Waals surface area contributed by atoms with Crippen LogP contribution >= 0.6 is 0 Å². The number of carboxylic acids is 1. The van der Waals surface area contributed by atoms with Crippen LogP contribution in [0.15, 0.2) is 24.3 Å². The van der Waals surface area contributed by atoms with E-state index in [-0.39, 0.29) is 53.1 Å². The standard InChI is InChI=1S/C33H49NO7/c1-18(4-11-27(37)34-26(31(40)41)16-19-5-7-20(35)8-6-19)22-9-10-23-28-24(13-15-32(22,23)2)33(3)14-12-21(36)17-25(33)29(38)30(28)39/h5-8,18,21-26,28-30,35-36,38-39H,4,9-17H2,1-3H3,(H,34,37)(H,40,41)/t18-,21-,22-,23+,24+,25+,26+,28+,29+,30-,32-,33-/m1/s1. The van der Waals surface area contributed by atoms with E-state index in [9.17, 15) is 35.1 Å². The number of rotatable bonds is 8. The molecule has 4 fully saturated rings. The van der Waals surface area contributed by atoms with E-state index in [0.29, 0.717) is 30.6 Å². The third kappa shape index (κ3) is 5.52. The summed E-state index contributed by atoms with van der Waals surface area (Å²) in [6.07, 6.45) is 5.47. The van der Waals surface area contributed by atoms with Gasteiger partial charge in [0.05, 0.1) is 18.3 Å². The average Bonchev–Trinajstić information content (AvgIpc) is 3.29. The second-order valence-electron chi connectivity index (χ2n) is 14.4. The number of fused-ring (bicyclic) bond motifs is 5. The lowest BCUT2D eigenvalue weighted by atomic mass is 9.43.